The maximum atomic E-state index is 10.7. The van der Waals surface area contributed by atoms with Crippen molar-refractivity contribution in [3.05, 3.63) is 11.9 Å². The van der Waals surface area contributed by atoms with Crippen LogP contribution in [-0.2, 0) is 11.3 Å². The Morgan fingerprint density at radius 2 is 2.50 bits per heavy atom. The summed E-state index contributed by atoms with van der Waals surface area (Å²) in [7, 11) is 0. The van der Waals surface area contributed by atoms with E-state index < -0.39 is 5.97 Å². The highest BCUT2D eigenvalue weighted by Gasteiger charge is 2.23. The van der Waals surface area contributed by atoms with Crippen molar-refractivity contribution in [2.24, 2.45) is 0 Å². The molecule has 3 N–H and O–H groups in total. The normalized spacial score (nSPS) is 24.8. The lowest BCUT2D eigenvalue weighted by molar-refractivity contribution is 0.0433. The summed E-state index contributed by atoms with van der Waals surface area (Å²) in [5.41, 5.74) is 5.64. The standard InChI is InChI=1S/C10H15N3O3/c1-6-2-3-7(16-6)4-13-5-8(11)9(12-13)10(14)15/h5-7H,2-4,11H2,1H3,(H,14,15). The Labute approximate surface area is 93.0 Å². The SMILES string of the molecule is CC1CCC(Cn2cc(N)c(C(=O)O)n2)O1. The van der Waals surface area contributed by atoms with Crippen LogP contribution in [0.25, 0.3) is 0 Å². The number of hydrogen-bond acceptors (Lipinski definition) is 4. The maximum absolute atomic E-state index is 10.7. The van der Waals surface area contributed by atoms with E-state index in [1.54, 1.807) is 4.68 Å². The third kappa shape index (κ3) is 2.16. The number of nitrogen functional groups attached to an aromatic ring is 1. The van der Waals surface area contributed by atoms with E-state index in [2.05, 4.69) is 5.10 Å². The minimum Gasteiger partial charge on any atom is -0.476 e. The quantitative estimate of drug-likeness (QED) is 0.791. The minimum absolute atomic E-state index is 0.0916. The fourth-order valence-corrected chi connectivity index (χ4v) is 1.92. The number of nitrogens with two attached hydrogens (primary N) is 1. The third-order valence-electron chi connectivity index (χ3n) is 2.70. The molecule has 0 saturated carbocycles. The first kappa shape index (κ1) is 10.9. The summed E-state index contributed by atoms with van der Waals surface area (Å²) >= 11 is 0. The predicted molar refractivity (Wildman–Crippen MR) is 57.2 cm³/mol. The molecular weight excluding hydrogens is 210 g/mol. The van der Waals surface area contributed by atoms with Gasteiger partial charge in [0.25, 0.3) is 0 Å². The van der Waals surface area contributed by atoms with Crippen molar-refractivity contribution in [3.8, 4) is 0 Å². The lowest BCUT2D eigenvalue weighted by Gasteiger charge is -2.10. The lowest BCUT2D eigenvalue weighted by Crippen LogP contribution is -2.17. The van der Waals surface area contributed by atoms with Crippen LogP contribution in [0.15, 0.2) is 6.20 Å². The number of nitrogens with zero attached hydrogens (tertiary/aromatic N) is 2. The van der Waals surface area contributed by atoms with Gasteiger partial charge in [-0.3, -0.25) is 4.68 Å². The highest BCUT2D eigenvalue weighted by Crippen LogP contribution is 2.21. The Bertz CT molecular complexity index is 402. The van der Waals surface area contributed by atoms with E-state index >= 15 is 0 Å². The second-order valence-corrected chi connectivity index (χ2v) is 4.11. The largest absolute Gasteiger partial charge is 0.476 e. The van der Waals surface area contributed by atoms with Gasteiger partial charge in [0, 0.05) is 6.20 Å². The summed E-state index contributed by atoms with van der Waals surface area (Å²) in [6.07, 6.45) is 3.93. The van der Waals surface area contributed by atoms with Crippen LogP contribution in [-0.4, -0.2) is 33.1 Å². The summed E-state index contributed by atoms with van der Waals surface area (Å²) in [5.74, 6) is -1.10. The molecule has 6 nitrogen and oxygen atoms in total. The van der Waals surface area contributed by atoms with Gasteiger partial charge in [-0.2, -0.15) is 5.10 Å². The van der Waals surface area contributed by atoms with Crippen molar-refractivity contribution in [1.82, 2.24) is 9.78 Å². The number of carbonyl (C=O) groups is 1. The molecule has 16 heavy (non-hydrogen) atoms. The molecular formula is C10H15N3O3. The monoisotopic (exact) mass is 225 g/mol. The molecule has 0 aromatic carbocycles. The molecule has 1 aliphatic rings. The number of aromatic nitrogens is 2. The van der Waals surface area contributed by atoms with Crippen molar-refractivity contribution >= 4 is 11.7 Å². The van der Waals surface area contributed by atoms with E-state index in [-0.39, 0.29) is 23.6 Å². The molecule has 2 atom stereocenters. The Morgan fingerprint density at radius 1 is 1.75 bits per heavy atom. The fourth-order valence-electron chi connectivity index (χ4n) is 1.92. The lowest BCUT2D eigenvalue weighted by atomic mass is 10.2. The molecule has 1 aromatic heterocycles. The van der Waals surface area contributed by atoms with E-state index in [4.69, 9.17) is 15.6 Å². The first-order valence-electron chi connectivity index (χ1n) is 5.28. The van der Waals surface area contributed by atoms with E-state index in [0.717, 1.165) is 12.8 Å². The van der Waals surface area contributed by atoms with Gasteiger partial charge < -0.3 is 15.6 Å². The topological polar surface area (TPSA) is 90.4 Å². The van der Waals surface area contributed by atoms with Crippen LogP contribution in [0.1, 0.15) is 30.3 Å². The Hall–Kier alpha value is -1.56. The number of anilines is 1. The van der Waals surface area contributed by atoms with Crippen molar-refractivity contribution < 1.29 is 14.6 Å². The van der Waals surface area contributed by atoms with Crippen LogP contribution in [0.2, 0.25) is 0 Å². The number of carboxylic acids is 1. The van der Waals surface area contributed by atoms with Crippen LogP contribution in [0.4, 0.5) is 5.69 Å². The summed E-state index contributed by atoms with van der Waals surface area (Å²) < 4.78 is 7.17. The smallest absolute Gasteiger partial charge is 0.358 e. The zero-order valence-corrected chi connectivity index (χ0v) is 9.09. The van der Waals surface area contributed by atoms with Crippen molar-refractivity contribution in [3.63, 3.8) is 0 Å². The van der Waals surface area contributed by atoms with Gasteiger partial charge in [0.05, 0.1) is 24.4 Å². The molecule has 88 valence electrons. The average molecular weight is 225 g/mol. The van der Waals surface area contributed by atoms with E-state index in [1.807, 2.05) is 6.92 Å². The molecule has 1 saturated heterocycles. The minimum atomic E-state index is -1.10. The van der Waals surface area contributed by atoms with Gasteiger partial charge in [0.1, 0.15) is 0 Å². The van der Waals surface area contributed by atoms with Crippen LogP contribution in [0, 0.1) is 0 Å². The molecule has 2 heterocycles. The molecule has 1 fully saturated rings. The highest BCUT2D eigenvalue weighted by atomic mass is 16.5. The third-order valence-corrected chi connectivity index (χ3v) is 2.70. The van der Waals surface area contributed by atoms with Gasteiger partial charge in [-0.15, -0.1) is 0 Å². The molecule has 1 aliphatic heterocycles. The fraction of sp³-hybridized carbons (Fsp3) is 0.600. The van der Waals surface area contributed by atoms with Gasteiger partial charge in [-0.1, -0.05) is 0 Å². The zero-order chi connectivity index (χ0) is 11.7. The molecule has 0 bridgehead atoms. The first-order valence-corrected chi connectivity index (χ1v) is 5.28. The maximum Gasteiger partial charge on any atom is 0.358 e. The molecule has 0 spiro atoms. The molecule has 0 amide bonds. The number of rotatable bonds is 3. The summed E-state index contributed by atoms with van der Waals surface area (Å²) in [5, 5.41) is 12.7. The van der Waals surface area contributed by atoms with E-state index in [1.165, 1.54) is 6.20 Å². The van der Waals surface area contributed by atoms with Gasteiger partial charge in [0.2, 0.25) is 0 Å². The summed E-state index contributed by atoms with van der Waals surface area (Å²) in [4.78, 5) is 10.7. The molecule has 6 heteroatoms. The van der Waals surface area contributed by atoms with Crippen molar-refractivity contribution in [1.29, 1.82) is 0 Å². The van der Waals surface area contributed by atoms with Crippen molar-refractivity contribution in [2.75, 3.05) is 5.73 Å². The number of carboxylic acid groups (broad SMARTS) is 1. The zero-order valence-electron chi connectivity index (χ0n) is 9.09. The Balaban J connectivity index is 2.05. The van der Waals surface area contributed by atoms with Gasteiger partial charge in [-0.05, 0) is 19.8 Å². The molecule has 2 unspecified atom stereocenters. The van der Waals surface area contributed by atoms with E-state index in [0.29, 0.717) is 6.54 Å². The molecule has 2 rings (SSSR count). The number of hydrogen-bond donors (Lipinski definition) is 2. The predicted octanol–water partition coefficient (Wildman–Crippen LogP) is 0.731. The van der Waals surface area contributed by atoms with Gasteiger partial charge >= 0.3 is 5.97 Å². The van der Waals surface area contributed by atoms with Crippen LogP contribution in [0.5, 0.6) is 0 Å². The van der Waals surface area contributed by atoms with Gasteiger partial charge in [0.15, 0.2) is 5.69 Å². The molecule has 1 aromatic rings. The van der Waals surface area contributed by atoms with Crippen LogP contribution in [0.3, 0.4) is 0 Å². The molecule has 0 radical (unpaired) electrons. The summed E-state index contributed by atoms with van der Waals surface area (Å²) in [6.45, 7) is 2.59. The van der Waals surface area contributed by atoms with Gasteiger partial charge in [-0.25, -0.2) is 4.79 Å². The van der Waals surface area contributed by atoms with E-state index in [9.17, 15) is 4.79 Å². The number of aromatic carboxylic acids is 1. The first-order chi connectivity index (χ1) is 7.56. The average Bonchev–Trinajstić information content (AvgIpc) is 2.73. The van der Waals surface area contributed by atoms with Crippen LogP contribution < -0.4 is 5.73 Å². The van der Waals surface area contributed by atoms with Crippen LogP contribution >= 0.6 is 0 Å². The number of ether oxygens (including phenoxy) is 1. The Morgan fingerprint density at radius 3 is 3.00 bits per heavy atom. The summed E-state index contributed by atoms with van der Waals surface area (Å²) in [6, 6.07) is 0. The highest BCUT2D eigenvalue weighted by molar-refractivity contribution is 5.91. The van der Waals surface area contributed by atoms with Crippen molar-refractivity contribution in [2.45, 2.75) is 38.5 Å². The Kier molecular flexibility index (Phi) is 2.82. The second kappa shape index (κ2) is 4.13. The molecule has 0 aliphatic carbocycles. The second-order valence-electron chi connectivity index (χ2n) is 4.11.